The van der Waals surface area contributed by atoms with E-state index in [0.29, 0.717) is 0 Å². The predicted molar refractivity (Wildman–Crippen MR) is 28.8 cm³/mol. The van der Waals surface area contributed by atoms with Crippen LogP contribution in [0.15, 0.2) is 0 Å². The summed E-state index contributed by atoms with van der Waals surface area (Å²) in [5.41, 5.74) is 0. The first-order valence-electron chi connectivity index (χ1n) is 0. The van der Waals surface area contributed by atoms with E-state index in [1.54, 1.807) is 0 Å². The molecule has 6 radical (unpaired) electrons. The van der Waals surface area contributed by atoms with Crippen LogP contribution < -0.4 is 0 Å². The molecule has 0 aromatic carbocycles. The molecule has 0 aromatic rings. The Kier molecular flexibility index (Phi) is 179. The second kappa shape index (κ2) is 24.6. The normalized spacial score (nSPS) is 0. The van der Waals surface area contributed by atoms with Crippen molar-refractivity contribution in [3.05, 3.63) is 0 Å². The molecule has 0 aromatic heterocycles. The second-order valence-corrected chi connectivity index (χ2v) is 0. The SMILES string of the molecule is [Mg+2].[Mg+2].[Mg+2].[Sb].[Sb]. The molecule has 0 rings (SSSR count). The molecule has 0 nitrogen and oxygen atoms in total. The predicted octanol–water partition coefficient (Wildman–Crippen LogP) is -1.90. The fraction of sp³-hybridized carbons (Fsp3) is 0. The van der Waals surface area contributed by atoms with Crippen molar-refractivity contribution >= 4 is 118 Å². The average Bonchev–Trinajstić information content (AvgIpc) is 0. The molecule has 0 atom stereocenters. The van der Waals surface area contributed by atoms with Crippen LogP contribution in [-0.4, -0.2) is 118 Å². The fourth-order valence-corrected chi connectivity index (χ4v) is 0. The molecular formula is Mg3Sb2+6. The van der Waals surface area contributed by atoms with Gasteiger partial charge in [0.05, 0.1) is 0 Å². The van der Waals surface area contributed by atoms with E-state index in [2.05, 4.69) is 0 Å². The Morgan fingerprint density at radius 2 is 0.400 bits per heavy atom. The van der Waals surface area contributed by atoms with E-state index in [9.17, 15) is 0 Å². The van der Waals surface area contributed by atoms with Crippen molar-refractivity contribution in [3.8, 4) is 0 Å². The summed E-state index contributed by atoms with van der Waals surface area (Å²) in [6, 6.07) is 0. The van der Waals surface area contributed by atoms with Gasteiger partial charge in [-0.3, -0.25) is 0 Å². The van der Waals surface area contributed by atoms with Crippen LogP contribution in [0.25, 0.3) is 0 Å². The summed E-state index contributed by atoms with van der Waals surface area (Å²) in [4.78, 5) is 0. The minimum Gasteiger partial charge on any atom is 0 e. The van der Waals surface area contributed by atoms with Crippen LogP contribution in [0.3, 0.4) is 0 Å². The molecule has 0 aliphatic carbocycles. The minimum atomic E-state index is 0. The molecule has 0 heterocycles. The molecular weight excluding hydrogens is 316 g/mol. The van der Waals surface area contributed by atoms with Crippen molar-refractivity contribution in [1.29, 1.82) is 0 Å². The Balaban J connectivity index is 0. The van der Waals surface area contributed by atoms with Crippen molar-refractivity contribution in [1.82, 2.24) is 0 Å². The molecule has 0 spiro atoms. The van der Waals surface area contributed by atoms with Crippen molar-refractivity contribution in [2.24, 2.45) is 0 Å². The van der Waals surface area contributed by atoms with Gasteiger partial charge >= 0.3 is 69.2 Å². The Morgan fingerprint density at radius 3 is 0.400 bits per heavy atom. The first-order chi connectivity index (χ1) is 0. The van der Waals surface area contributed by atoms with E-state index < -0.39 is 0 Å². The van der Waals surface area contributed by atoms with Gasteiger partial charge in [0, 0.05) is 48.9 Å². The van der Waals surface area contributed by atoms with Gasteiger partial charge in [0.2, 0.25) is 0 Å². The molecule has 0 saturated heterocycles. The zero-order valence-corrected chi connectivity index (χ0v) is 12.4. The van der Waals surface area contributed by atoms with Crippen LogP contribution in [0.4, 0.5) is 0 Å². The molecule has 0 aliphatic rings. The van der Waals surface area contributed by atoms with Crippen LogP contribution in [0.2, 0.25) is 0 Å². The molecule has 5 heteroatoms. The summed E-state index contributed by atoms with van der Waals surface area (Å²) in [6.07, 6.45) is 0. The zero-order valence-electron chi connectivity index (χ0n) is 3.02. The quantitative estimate of drug-likeness (QED) is 0.458. The largest absolute Gasteiger partial charge is 2.00 e. The van der Waals surface area contributed by atoms with E-state index in [1.165, 1.54) is 0 Å². The third kappa shape index (κ3) is 18.1. The van der Waals surface area contributed by atoms with Gasteiger partial charge in [0.1, 0.15) is 0 Å². The van der Waals surface area contributed by atoms with Gasteiger partial charge in [-0.1, -0.05) is 0 Å². The van der Waals surface area contributed by atoms with E-state index in [1.807, 2.05) is 0 Å². The Bertz CT molecular complexity index is 4.85. The standard InChI is InChI=1S/3Mg.2Sb/q3*+2;;. The smallest absolute Gasteiger partial charge is 0 e. The average molecular weight is 316 g/mol. The summed E-state index contributed by atoms with van der Waals surface area (Å²) < 4.78 is 0. The number of hydrogen-bond acceptors (Lipinski definition) is 0. The van der Waals surface area contributed by atoms with E-state index >= 15 is 0 Å². The van der Waals surface area contributed by atoms with E-state index in [0.717, 1.165) is 0 Å². The molecule has 0 unspecified atom stereocenters. The maximum atomic E-state index is 0. The van der Waals surface area contributed by atoms with Crippen LogP contribution in [0.1, 0.15) is 0 Å². The summed E-state index contributed by atoms with van der Waals surface area (Å²) >= 11 is 0. The molecule has 0 amide bonds. The summed E-state index contributed by atoms with van der Waals surface area (Å²) in [6.45, 7) is 0. The molecule has 0 aliphatic heterocycles. The topological polar surface area (TPSA) is 0 Å². The monoisotopic (exact) mass is 314 g/mol. The van der Waals surface area contributed by atoms with Gasteiger partial charge in [-0.05, 0) is 0 Å². The van der Waals surface area contributed by atoms with Crippen molar-refractivity contribution in [2.45, 2.75) is 0 Å². The summed E-state index contributed by atoms with van der Waals surface area (Å²) in [5, 5.41) is 0. The fourth-order valence-electron chi connectivity index (χ4n) is 0. The van der Waals surface area contributed by atoms with Crippen LogP contribution >= 0.6 is 0 Å². The molecule has 10 valence electrons. The third-order valence-electron chi connectivity index (χ3n) is 0. The summed E-state index contributed by atoms with van der Waals surface area (Å²) in [5.74, 6) is 0. The van der Waals surface area contributed by atoms with Gasteiger partial charge in [0.15, 0.2) is 0 Å². The van der Waals surface area contributed by atoms with Gasteiger partial charge in [-0.2, -0.15) is 0 Å². The zero-order chi connectivity index (χ0) is 0. The maximum absolute atomic E-state index is 0. The Morgan fingerprint density at radius 1 is 0.400 bits per heavy atom. The summed E-state index contributed by atoms with van der Waals surface area (Å²) in [7, 11) is 0. The molecule has 0 saturated carbocycles. The first-order valence-corrected chi connectivity index (χ1v) is 0. The van der Waals surface area contributed by atoms with Crippen LogP contribution in [0.5, 0.6) is 0 Å². The number of hydrogen-bond donors (Lipinski definition) is 0. The minimum absolute atomic E-state index is 0. The molecule has 0 N–H and O–H groups in total. The molecule has 0 bridgehead atoms. The maximum Gasteiger partial charge on any atom is 2.00 e. The van der Waals surface area contributed by atoms with Gasteiger partial charge in [-0.25, -0.2) is 0 Å². The van der Waals surface area contributed by atoms with Gasteiger partial charge in [-0.15, -0.1) is 0 Å². The Labute approximate surface area is 115 Å². The second-order valence-electron chi connectivity index (χ2n) is 0. The first kappa shape index (κ1) is 36.3. The third-order valence-corrected chi connectivity index (χ3v) is 0. The number of rotatable bonds is 0. The molecule has 0 fully saturated rings. The van der Waals surface area contributed by atoms with E-state index in [-0.39, 0.29) is 118 Å². The van der Waals surface area contributed by atoms with E-state index in [4.69, 9.17) is 0 Å². The van der Waals surface area contributed by atoms with Crippen molar-refractivity contribution < 1.29 is 0 Å². The molecule has 5 heavy (non-hydrogen) atoms. The van der Waals surface area contributed by atoms with Gasteiger partial charge in [0.25, 0.3) is 0 Å². The van der Waals surface area contributed by atoms with Gasteiger partial charge < -0.3 is 0 Å². The van der Waals surface area contributed by atoms with Crippen LogP contribution in [0, 0.1) is 0 Å². The van der Waals surface area contributed by atoms with Crippen molar-refractivity contribution in [3.63, 3.8) is 0 Å². The van der Waals surface area contributed by atoms with Crippen molar-refractivity contribution in [2.75, 3.05) is 0 Å². The van der Waals surface area contributed by atoms with Crippen LogP contribution in [-0.2, 0) is 0 Å². The Hall–Kier alpha value is 3.94.